The molecule has 1 aromatic rings. The Morgan fingerprint density at radius 2 is 2.21 bits per heavy atom. The van der Waals surface area contributed by atoms with E-state index in [1.807, 2.05) is 6.92 Å². The molecule has 106 valence electrons. The minimum atomic E-state index is -3.01. The number of aromatic nitrogens is 2. The number of ether oxygens (including phenoxy) is 1. The number of hydrogen-bond acceptors (Lipinski definition) is 4. The van der Waals surface area contributed by atoms with E-state index in [1.54, 1.807) is 12.0 Å². The van der Waals surface area contributed by atoms with Gasteiger partial charge in [0.05, 0.1) is 11.7 Å². The highest BCUT2D eigenvalue weighted by Gasteiger charge is 2.37. The summed E-state index contributed by atoms with van der Waals surface area (Å²) in [4.78, 5) is 9.44. The van der Waals surface area contributed by atoms with Crippen LogP contribution in [0.15, 0.2) is 6.20 Å². The highest BCUT2D eigenvalue weighted by molar-refractivity contribution is 6.28. The van der Waals surface area contributed by atoms with Gasteiger partial charge in [-0.3, -0.25) is 0 Å². The predicted molar refractivity (Wildman–Crippen MR) is 68.8 cm³/mol. The summed E-state index contributed by atoms with van der Waals surface area (Å²) in [5.41, 5.74) is -0.208. The smallest absolute Gasteiger partial charge is 0.275 e. The van der Waals surface area contributed by atoms with Crippen molar-refractivity contribution >= 4 is 17.4 Å². The summed E-state index contributed by atoms with van der Waals surface area (Å²) in [5.74, 6) is -2.82. The maximum atomic E-state index is 13.6. The molecule has 0 aromatic carbocycles. The maximum absolute atomic E-state index is 13.6. The highest BCUT2D eigenvalue weighted by Crippen LogP contribution is 2.36. The molecule has 1 fully saturated rings. The van der Waals surface area contributed by atoms with E-state index in [1.165, 1.54) is 0 Å². The quantitative estimate of drug-likeness (QED) is 0.803. The molecule has 1 aliphatic heterocycles. The third-order valence-electron chi connectivity index (χ3n) is 3.35. The Morgan fingerprint density at radius 1 is 1.53 bits per heavy atom. The van der Waals surface area contributed by atoms with E-state index in [4.69, 9.17) is 16.3 Å². The standard InChI is InChI=1S/C12H16ClF2N3O/c1-7-4-8(19-3)6-18(7)10-9(12(2,14)15)5-16-11(13)17-10/h5,7-8H,4,6H2,1-3H3/t7-,8-/m0/s1. The molecule has 7 heteroatoms. The van der Waals surface area contributed by atoms with Crippen LogP contribution in [-0.2, 0) is 10.7 Å². The molecule has 0 bridgehead atoms. The van der Waals surface area contributed by atoms with Gasteiger partial charge in [-0.1, -0.05) is 0 Å². The first-order valence-electron chi connectivity index (χ1n) is 6.03. The van der Waals surface area contributed by atoms with E-state index in [0.717, 1.165) is 19.5 Å². The number of anilines is 1. The SMILES string of the molecule is CO[C@H]1C[C@H](C)N(c2nc(Cl)ncc2C(C)(F)F)C1. The molecule has 0 radical (unpaired) electrons. The van der Waals surface area contributed by atoms with Crippen molar-refractivity contribution in [2.24, 2.45) is 0 Å². The van der Waals surface area contributed by atoms with Gasteiger partial charge in [-0.2, -0.15) is 0 Å². The summed E-state index contributed by atoms with van der Waals surface area (Å²) in [5, 5.41) is -0.0314. The second-order valence-electron chi connectivity index (χ2n) is 4.86. The summed E-state index contributed by atoms with van der Waals surface area (Å²) < 4.78 is 32.5. The molecule has 1 aromatic heterocycles. The van der Waals surface area contributed by atoms with Gasteiger partial charge in [0.2, 0.25) is 5.28 Å². The van der Waals surface area contributed by atoms with Crippen molar-refractivity contribution in [3.63, 3.8) is 0 Å². The zero-order valence-electron chi connectivity index (χ0n) is 11.0. The van der Waals surface area contributed by atoms with Gasteiger partial charge < -0.3 is 9.64 Å². The van der Waals surface area contributed by atoms with Crippen LogP contribution in [-0.4, -0.2) is 35.8 Å². The lowest BCUT2D eigenvalue weighted by molar-refractivity contribution is 0.0172. The molecular formula is C12H16ClF2N3O. The molecule has 0 spiro atoms. The molecule has 0 N–H and O–H groups in total. The molecule has 0 saturated carbocycles. The second-order valence-corrected chi connectivity index (χ2v) is 5.20. The maximum Gasteiger partial charge on any atom is 0.275 e. The minimum Gasteiger partial charge on any atom is -0.380 e. The molecule has 0 amide bonds. The van der Waals surface area contributed by atoms with Crippen LogP contribution in [0.1, 0.15) is 25.8 Å². The lowest BCUT2D eigenvalue weighted by atomic mass is 10.1. The van der Waals surface area contributed by atoms with Gasteiger partial charge in [0.15, 0.2) is 0 Å². The van der Waals surface area contributed by atoms with Gasteiger partial charge in [-0.05, 0) is 24.9 Å². The van der Waals surface area contributed by atoms with Crippen LogP contribution in [0.5, 0.6) is 0 Å². The summed E-state index contributed by atoms with van der Waals surface area (Å²) in [6.07, 6.45) is 1.88. The molecule has 4 nitrogen and oxygen atoms in total. The number of alkyl halides is 2. The first-order chi connectivity index (χ1) is 8.82. The van der Waals surface area contributed by atoms with Gasteiger partial charge in [0.1, 0.15) is 5.82 Å². The van der Waals surface area contributed by atoms with Gasteiger partial charge in [-0.15, -0.1) is 0 Å². The van der Waals surface area contributed by atoms with Gasteiger partial charge in [0, 0.05) is 32.8 Å². The first kappa shape index (κ1) is 14.4. The molecule has 1 aliphatic rings. The molecule has 0 unspecified atom stereocenters. The Morgan fingerprint density at radius 3 is 2.74 bits per heavy atom. The molecule has 0 aliphatic carbocycles. The average molecular weight is 292 g/mol. The normalized spacial score (nSPS) is 24.0. The Bertz CT molecular complexity index is 467. The van der Waals surface area contributed by atoms with E-state index < -0.39 is 5.92 Å². The van der Waals surface area contributed by atoms with Crippen LogP contribution >= 0.6 is 11.6 Å². The first-order valence-corrected chi connectivity index (χ1v) is 6.41. The van der Waals surface area contributed by atoms with E-state index in [-0.39, 0.29) is 28.8 Å². The van der Waals surface area contributed by atoms with Crippen LogP contribution in [0.3, 0.4) is 0 Å². The van der Waals surface area contributed by atoms with Crippen LogP contribution in [0, 0.1) is 0 Å². The lowest BCUT2D eigenvalue weighted by Crippen LogP contribution is -2.31. The summed E-state index contributed by atoms with van der Waals surface area (Å²) in [6.45, 7) is 3.30. The van der Waals surface area contributed by atoms with E-state index in [9.17, 15) is 8.78 Å². The summed E-state index contributed by atoms with van der Waals surface area (Å²) in [6, 6.07) is 0.0667. The van der Waals surface area contributed by atoms with Crippen molar-refractivity contribution in [2.75, 3.05) is 18.6 Å². The number of hydrogen-bond donors (Lipinski definition) is 0. The van der Waals surface area contributed by atoms with Crippen molar-refractivity contribution in [1.29, 1.82) is 0 Å². The van der Waals surface area contributed by atoms with Crippen molar-refractivity contribution in [2.45, 2.75) is 38.3 Å². The topological polar surface area (TPSA) is 38.2 Å². The van der Waals surface area contributed by atoms with E-state index in [0.29, 0.717) is 6.54 Å². The fourth-order valence-corrected chi connectivity index (χ4v) is 2.46. The Labute approximate surface area is 115 Å². The Hall–Kier alpha value is -1.01. The summed E-state index contributed by atoms with van der Waals surface area (Å²) >= 11 is 5.74. The molecule has 19 heavy (non-hydrogen) atoms. The minimum absolute atomic E-state index is 0.0158. The van der Waals surface area contributed by atoms with Crippen LogP contribution in [0.2, 0.25) is 5.28 Å². The van der Waals surface area contributed by atoms with Crippen LogP contribution in [0.25, 0.3) is 0 Å². The summed E-state index contributed by atoms with van der Waals surface area (Å²) in [7, 11) is 1.61. The molecule has 2 atom stereocenters. The Balaban J connectivity index is 2.41. The fraction of sp³-hybridized carbons (Fsp3) is 0.667. The fourth-order valence-electron chi connectivity index (χ4n) is 2.33. The lowest BCUT2D eigenvalue weighted by Gasteiger charge is -2.26. The van der Waals surface area contributed by atoms with Crippen LogP contribution in [0.4, 0.5) is 14.6 Å². The largest absolute Gasteiger partial charge is 0.380 e. The van der Waals surface area contributed by atoms with Crippen molar-refractivity contribution in [3.8, 4) is 0 Å². The second kappa shape index (κ2) is 5.17. The van der Waals surface area contributed by atoms with Crippen molar-refractivity contribution in [3.05, 3.63) is 17.0 Å². The number of nitrogens with zero attached hydrogens (tertiary/aromatic N) is 3. The van der Waals surface area contributed by atoms with Crippen molar-refractivity contribution < 1.29 is 13.5 Å². The third-order valence-corrected chi connectivity index (χ3v) is 3.54. The Kier molecular flexibility index (Phi) is 3.92. The molecular weight excluding hydrogens is 276 g/mol. The predicted octanol–water partition coefficient (Wildman–Crippen LogP) is 2.86. The van der Waals surface area contributed by atoms with Gasteiger partial charge in [0.25, 0.3) is 5.92 Å². The number of halogens is 3. The number of rotatable bonds is 3. The van der Waals surface area contributed by atoms with Crippen molar-refractivity contribution in [1.82, 2.24) is 9.97 Å². The van der Waals surface area contributed by atoms with Gasteiger partial charge in [-0.25, -0.2) is 18.7 Å². The van der Waals surface area contributed by atoms with Gasteiger partial charge >= 0.3 is 0 Å². The van der Waals surface area contributed by atoms with E-state index in [2.05, 4.69) is 9.97 Å². The zero-order chi connectivity index (χ0) is 14.2. The molecule has 2 heterocycles. The monoisotopic (exact) mass is 291 g/mol. The van der Waals surface area contributed by atoms with E-state index >= 15 is 0 Å². The van der Waals surface area contributed by atoms with Crippen LogP contribution < -0.4 is 4.90 Å². The third kappa shape index (κ3) is 2.95. The zero-order valence-corrected chi connectivity index (χ0v) is 11.8. The molecule has 2 rings (SSSR count). The number of methoxy groups -OCH3 is 1. The molecule has 1 saturated heterocycles. The average Bonchev–Trinajstić information content (AvgIpc) is 2.68. The highest BCUT2D eigenvalue weighted by atomic mass is 35.5.